The van der Waals surface area contributed by atoms with Gasteiger partial charge in [-0.05, 0) is 83.5 Å². The molecule has 0 aromatic rings. The quantitative estimate of drug-likeness (QED) is 0.0196. The van der Waals surface area contributed by atoms with Crippen molar-refractivity contribution >= 4 is 16.4 Å². The highest BCUT2D eigenvalue weighted by Gasteiger charge is 2.48. The second-order valence-corrected chi connectivity index (χ2v) is 22.0. The SMILES string of the molecule is CC/C=C\C/C=C\C/C=C\C/C=C\CCCCCCCCCCCCCOCC(COC1OC(CO)C(O)C(OS(=O)(=O)O)C1O)OC(=O)CCCCCCCCCCCCCCC/C=C\C/C=C\CCCCCCC. The number of allylic oxidation sites excluding steroid dienone is 12. The zero-order valence-electron chi connectivity index (χ0n) is 48.1. The molecule has 0 saturated carbocycles. The molecule has 13 heteroatoms. The van der Waals surface area contributed by atoms with Gasteiger partial charge in [-0.1, -0.05) is 241 Å². The van der Waals surface area contributed by atoms with E-state index in [2.05, 4.69) is 90.9 Å². The van der Waals surface area contributed by atoms with Crippen molar-refractivity contribution in [2.24, 2.45) is 0 Å². The molecular weight excluding hydrogens is 981 g/mol. The fourth-order valence-corrected chi connectivity index (χ4v) is 9.73. The number of aliphatic hydroxyl groups excluding tert-OH is 3. The van der Waals surface area contributed by atoms with Crippen LogP contribution in [-0.4, -0.2) is 97.5 Å². The second-order valence-electron chi connectivity index (χ2n) is 20.9. The van der Waals surface area contributed by atoms with Gasteiger partial charge in [-0.3, -0.25) is 9.35 Å². The number of unbranched alkanes of at least 4 members (excludes halogenated alkanes) is 29. The summed E-state index contributed by atoms with van der Waals surface area (Å²) in [6, 6.07) is 0. The molecule has 76 heavy (non-hydrogen) atoms. The molecule has 6 unspecified atom stereocenters. The summed E-state index contributed by atoms with van der Waals surface area (Å²) in [4.78, 5) is 13.0. The Morgan fingerprint density at radius 1 is 0.513 bits per heavy atom. The van der Waals surface area contributed by atoms with E-state index in [0.717, 1.165) is 77.0 Å². The third-order valence-electron chi connectivity index (χ3n) is 13.8. The maximum Gasteiger partial charge on any atom is 0.397 e. The van der Waals surface area contributed by atoms with E-state index in [0.29, 0.717) is 13.0 Å². The summed E-state index contributed by atoms with van der Waals surface area (Å²) in [6.45, 7) is 3.90. The van der Waals surface area contributed by atoms with Gasteiger partial charge in [-0.2, -0.15) is 8.42 Å². The van der Waals surface area contributed by atoms with Crippen LogP contribution in [0.15, 0.2) is 72.9 Å². The van der Waals surface area contributed by atoms with Crippen LogP contribution in [0.4, 0.5) is 0 Å². The lowest BCUT2D eigenvalue weighted by molar-refractivity contribution is -0.301. The first kappa shape index (κ1) is 71.6. The molecule has 1 fully saturated rings. The molecule has 0 spiro atoms. The van der Waals surface area contributed by atoms with Crippen molar-refractivity contribution in [3.05, 3.63) is 72.9 Å². The topological polar surface area (TPSA) is 178 Å². The van der Waals surface area contributed by atoms with Crippen LogP contribution < -0.4 is 0 Å². The van der Waals surface area contributed by atoms with E-state index in [-0.39, 0.29) is 19.6 Å². The first-order valence-electron chi connectivity index (χ1n) is 30.7. The zero-order valence-corrected chi connectivity index (χ0v) is 48.9. The molecule has 0 aromatic heterocycles. The lowest BCUT2D eigenvalue weighted by atomic mass is 9.99. The Labute approximate surface area is 464 Å². The van der Waals surface area contributed by atoms with E-state index >= 15 is 0 Å². The van der Waals surface area contributed by atoms with Crippen molar-refractivity contribution < 1.29 is 56.2 Å². The molecule has 6 atom stereocenters. The average Bonchev–Trinajstić information content (AvgIpc) is 3.40. The van der Waals surface area contributed by atoms with Gasteiger partial charge in [0, 0.05) is 13.0 Å². The molecule has 442 valence electrons. The van der Waals surface area contributed by atoms with Crippen LogP contribution in [0.25, 0.3) is 0 Å². The first-order valence-corrected chi connectivity index (χ1v) is 32.1. The number of esters is 1. The van der Waals surface area contributed by atoms with Gasteiger partial charge in [-0.15, -0.1) is 0 Å². The van der Waals surface area contributed by atoms with Crippen molar-refractivity contribution in [2.45, 2.75) is 295 Å². The summed E-state index contributed by atoms with van der Waals surface area (Å²) >= 11 is 0. The number of ether oxygens (including phenoxy) is 4. The van der Waals surface area contributed by atoms with Gasteiger partial charge >= 0.3 is 16.4 Å². The molecule has 0 amide bonds. The summed E-state index contributed by atoms with van der Waals surface area (Å²) in [5, 5.41) is 30.9. The fourth-order valence-electron chi connectivity index (χ4n) is 9.23. The Kier molecular flexibility index (Phi) is 50.1. The number of carbonyl (C=O) groups excluding carboxylic acids is 1. The Balaban J connectivity index is 2.27. The molecule has 0 aliphatic carbocycles. The van der Waals surface area contributed by atoms with Crippen LogP contribution in [0, 0.1) is 0 Å². The summed E-state index contributed by atoms with van der Waals surface area (Å²) in [5.41, 5.74) is 0. The van der Waals surface area contributed by atoms with Crippen molar-refractivity contribution in [1.29, 1.82) is 0 Å². The maximum absolute atomic E-state index is 13.0. The normalized spacial score (nSPS) is 19.1. The fraction of sp³-hybridized carbons (Fsp3) is 0.794. The van der Waals surface area contributed by atoms with Gasteiger partial charge in [0.05, 0.1) is 19.8 Å². The minimum absolute atomic E-state index is 0.0320. The Bertz CT molecular complexity index is 1590. The van der Waals surface area contributed by atoms with Crippen molar-refractivity contribution in [3.8, 4) is 0 Å². The maximum atomic E-state index is 13.0. The highest BCUT2D eigenvalue weighted by Crippen LogP contribution is 2.26. The predicted octanol–water partition coefficient (Wildman–Crippen LogP) is 15.8. The third-order valence-corrected chi connectivity index (χ3v) is 14.3. The van der Waals surface area contributed by atoms with Gasteiger partial charge in [0.25, 0.3) is 0 Å². The van der Waals surface area contributed by atoms with E-state index in [4.69, 9.17) is 18.9 Å². The molecule has 1 rings (SSSR count). The molecule has 0 aromatic carbocycles. The molecular formula is C63H112O12S. The Morgan fingerprint density at radius 3 is 1.33 bits per heavy atom. The highest BCUT2D eigenvalue weighted by molar-refractivity contribution is 7.80. The molecule has 1 heterocycles. The molecule has 1 aliphatic rings. The molecule has 12 nitrogen and oxygen atoms in total. The highest BCUT2D eigenvalue weighted by atomic mass is 32.3. The first-order chi connectivity index (χ1) is 37.1. The number of aliphatic hydroxyl groups is 3. The van der Waals surface area contributed by atoms with Crippen molar-refractivity contribution in [2.75, 3.05) is 26.4 Å². The van der Waals surface area contributed by atoms with Gasteiger partial charge in [-0.25, -0.2) is 4.18 Å². The van der Waals surface area contributed by atoms with Crippen LogP contribution in [0.2, 0.25) is 0 Å². The summed E-state index contributed by atoms with van der Waals surface area (Å²) < 4.78 is 59.5. The van der Waals surface area contributed by atoms with E-state index < -0.39 is 59.8 Å². The minimum Gasteiger partial charge on any atom is -0.457 e. The summed E-state index contributed by atoms with van der Waals surface area (Å²) in [6.07, 6.45) is 62.2. The van der Waals surface area contributed by atoms with Crippen molar-refractivity contribution in [1.82, 2.24) is 0 Å². The third kappa shape index (κ3) is 45.4. The standard InChI is InChI=1S/C63H112O12S/c1-3-5-7-9-11-13-15-17-19-21-23-25-27-29-30-32-34-36-38-40-42-44-46-48-50-52-59(65)73-57(56-72-63-61(67)62(75-76(68,69)70)60(66)58(54-64)74-63)55-71-53-51-49-47-45-43-41-39-37-35-33-31-28-26-24-22-20-18-16-14-12-10-8-6-4-2/h6,8,12,14-15,17-18,20-21,23-24,26,57-58,60-64,66-67H,3-5,7,9-11,13,16,19,22,25,27-56H2,1-2H3,(H,68,69,70)/b8-6-,14-12-,17-15-,20-18-,23-21-,26-24-. The number of hydrogen-bond donors (Lipinski definition) is 4. The second kappa shape index (κ2) is 53.2. The Hall–Kier alpha value is -2.46. The van der Waals surface area contributed by atoms with E-state index in [1.165, 1.54) is 154 Å². The average molecular weight is 1090 g/mol. The lowest BCUT2D eigenvalue weighted by Gasteiger charge is -2.41. The van der Waals surface area contributed by atoms with Crippen LogP contribution in [0.1, 0.15) is 258 Å². The zero-order chi connectivity index (χ0) is 55.3. The van der Waals surface area contributed by atoms with Gasteiger partial charge in [0.1, 0.15) is 30.5 Å². The van der Waals surface area contributed by atoms with E-state index in [1.54, 1.807) is 0 Å². The molecule has 0 bridgehead atoms. The Morgan fingerprint density at radius 2 is 0.908 bits per heavy atom. The van der Waals surface area contributed by atoms with Gasteiger partial charge < -0.3 is 34.3 Å². The number of carbonyl (C=O) groups is 1. The van der Waals surface area contributed by atoms with Crippen LogP contribution in [0.5, 0.6) is 0 Å². The molecule has 1 saturated heterocycles. The molecule has 0 radical (unpaired) electrons. The number of hydrogen-bond acceptors (Lipinski definition) is 11. The van der Waals surface area contributed by atoms with E-state index in [1.807, 2.05) is 0 Å². The molecule has 1 aliphatic heterocycles. The largest absolute Gasteiger partial charge is 0.457 e. The summed E-state index contributed by atoms with van der Waals surface area (Å²) in [7, 11) is -5.07. The van der Waals surface area contributed by atoms with E-state index in [9.17, 15) is 33.1 Å². The van der Waals surface area contributed by atoms with Crippen molar-refractivity contribution in [3.63, 3.8) is 0 Å². The predicted molar refractivity (Wildman–Crippen MR) is 312 cm³/mol. The molecule has 4 N–H and O–H groups in total. The van der Waals surface area contributed by atoms with Gasteiger partial charge in [0.15, 0.2) is 6.29 Å². The summed E-state index contributed by atoms with van der Waals surface area (Å²) in [5.74, 6) is -0.400. The van der Waals surface area contributed by atoms with Crippen LogP contribution in [0.3, 0.4) is 0 Å². The monoisotopic (exact) mass is 1090 g/mol. The van der Waals surface area contributed by atoms with Crippen LogP contribution in [-0.2, 0) is 38.3 Å². The smallest absolute Gasteiger partial charge is 0.397 e. The minimum atomic E-state index is -5.07. The lowest BCUT2D eigenvalue weighted by Crippen LogP contribution is -2.60. The van der Waals surface area contributed by atoms with Crippen LogP contribution >= 0.6 is 0 Å². The number of rotatable bonds is 54. The van der Waals surface area contributed by atoms with Gasteiger partial charge in [0.2, 0.25) is 0 Å².